The van der Waals surface area contributed by atoms with Gasteiger partial charge in [0.25, 0.3) is 0 Å². The topological polar surface area (TPSA) is 74.8 Å². The van der Waals surface area contributed by atoms with Gasteiger partial charge in [-0.25, -0.2) is 8.42 Å². The number of fused-ring (bicyclic) bond motifs is 1. The second-order valence-electron chi connectivity index (χ2n) is 8.82. The first-order valence-electron chi connectivity index (χ1n) is 10.8. The molecule has 0 bridgehead atoms. The summed E-state index contributed by atoms with van der Waals surface area (Å²) in [6.45, 7) is 4.45. The van der Waals surface area contributed by atoms with Crippen molar-refractivity contribution in [3.8, 4) is 0 Å². The number of rotatable bonds is 4. The van der Waals surface area contributed by atoms with E-state index < -0.39 is 10.0 Å². The lowest BCUT2D eigenvalue weighted by Gasteiger charge is -2.32. The molecule has 0 N–H and O–H groups in total. The number of aryl methyl sites for hydroxylation is 1. The Morgan fingerprint density at radius 3 is 2.21 bits per heavy atom. The predicted octanol–water partition coefficient (Wildman–Crippen LogP) is 3.23. The van der Waals surface area contributed by atoms with Crippen LogP contribution in [0.4, 0.5) is 0 Å². The van der Waals surface area contributed by atoms with E-state index >= 15 is 0 Å². The molecule has 2 amide bonds. The standard InChI is InChI=1S/C22H30N2O4S/c1-15-10-11-17(13-20(15)29(27,28)24-12-6-5-7-16(24)2)14-23-21(25)18-8-3-4-9-19(18)22(23)26/h10-11,13,16,18-19H,3-9,12,14H2,1-2H3/t16-,18-,19+/m0/s1. The number of sulfonamides is 1. The summed E-state index contributed by atoms with van der Waals surface area (Å²) < 4.78 is 28.2. The maximum absolute atomic E-state index is 13.3. The fourth-order valence-corrected chi connectivity index (χ4v) is 7.12. The van der Waals surface area contributed by atoms with E-state index in [0.29, 0.717) is 22.6 Å². The number of nitrogens with zero attached hydrogens (tertiary/aromatic N) is 2. The van der Waals surface area contributed by atoms with Gasteiger partial charge < -0.3 is 0 Å². The third-order valence-corrected chi connectivity index (χ3v) is 9.01. The molecule has 0 spiro atoms. The lowest BCUT2D eigenvalue weighted by Crippen LogP contribution is -2.42. The summed E-state index contributed by atoms with van der Waals surface area (Å²) >= 11 is 0. The van der Waals surface area contributed by atoms with Crippen molar-refractivity contribution in [2.24, 2.45) is 11.8 Å². The van der Waals surface area contributed by atoms with Gasteiger partial charge in [-0.05, 0) is 56.7 Å². The number of hydrogen-bond donors (Lipinski definition) is 0. The Bertz CT molecular complexity index is 903. The van der Waals surface area contributed by atoms with Crippen molar-refractivity contribution in [2.75, 3.05) is 6.54 Å². The van der Waals surface area contributed by atoms with Crippen molar-refractivity contribution in [1.29, 1.82) is 0 Å². The molecule has 158 valence electrons. The SMILES string of the molecule is Cc1ccc(CN2C(=O)[C@H]3CCCC[C@H]3C2=O)cc1S(=O)(=O)N1CCCC[C@@H]1C. The monoisotopic (exact) mass is 418 g/mol. The van der Waals surface area contributed by atoms with Gasteiger partial charge in [0.05, 0.1) is 23.3 Å². The van der Waals surface area contributed by atoms with Crippen LogP contribution in [0.25, 0.3) is 0 Å². The van der Waals surface area contributed by atoms with Crippen LogP contribution in [0.15, 0.2) is 23.1 Å². The Morgan fingerprint density at radius 1 is 0.966 bits per heavy atom. The number of piperidine rings is 1. The highest BCUT2D eigenvalue weighted by molar-refractivity contribution is 7.89. The van der Waals surface area contributed by atoms with Crippen LogP contribution >= 0.6 is 0 Å². The number of amides is 2. The molecule has 3 aliphatic rings. The van der Waals surface area contributed by atoms with Crippen molar-refractivity contribution >= 4 is 21.8 Å². The van der Waals surface area contributed by atoms with Crippen LogP contribution in [0.3, 0.4) is 0 Å². The normalized spacial score (nSPS) is 28.6. The number of benzene rings is 1. The fraction of sp³-hybridized carbons (Fsp3) is 0.636. The van der Waals surface area contributed by atoms with Crippen LogP contribution in [-0.4, -0.2) is 42.0 Å². The van der Waals surface area contributed by atoms with E-state index in [4.69, 9.17) is 0 Å². The zero-order valence-corrected chi connectivity index (χ0v) is 18.1. The number of imide groups is 1. The van der Waals surface area contributed by atoms with Crippen molar-refractivity contribution in [3.05, 3.63) is 29.3 Å². The summed E-state index contributed by atoms with van der Waals surface area (Å²) in [6.07, 6.45) is 6.36. The summed E-state index contributed by atoms with van der Waals surface area (Å²) in [5.41, 5.74) is 1.39. The number of carbonyl (C=O) groups excluding carboxylic acids is 2. The molecular weight excluding hydrogens is 388 g/mol. The Kier molecular flexibility index (Phi) is 5.55. The summed E-state index contributed by atoms with van der Waals surface area (Å²) in [5.74, 6) is -0.540. The maximum atomic E-state index is 13.3. The molecule has 6 nitrogen and oxygen atoms in total. The van der Waals surface area contributed by atoms with E-state index in [1.807, 2.05) is 13.0 Å². The molecule has 1 saturated carbocycles. The average Bonchev–Trinajstić information content (AvgIpc) is 2.94. The molecular formula is C22H30N2O4S. The Hall–Kier alpha value is -1.73. The highest BCUT2D eigenvalue weighted by Crippen LogP contribution is 2.39. The molecule has 7 heteroatoms. The summed E-state index contributed by atoms with van der Waals surface area (Å²) in [5, 5.41) is 0. The van der Waals surface area contributed by atoms with E-state index in [1.54, 1.807) is 23.4 Å². The van der Waals surface area contributed by atoms with Gasteiger partial charge in [-0.2, -0.15) is 4.31 Å². The van der Waals surface area contributed by atoms with Gasteiger partial charge in [0.1, 0.15) is 0 Å². The van der Waals surface area contributed by atoms with Crippen LogP contribution < -0.4 is 0 Å². The molecule has 2 saturated heterocycles. The zero-order valence-electron chi connectivity index (χ0n) is 17.3. The minimum atomic E-state index is -3.60. The largest absolute Gasteiger partial charge is 0.278 e. The molecule has 1 aromatic carbocycles. The van der Waals surface area contributed by atoms with E-state index in [1.165, 1.54) is 4.90 Å². The Balaban J connectivity index is 1.60. The zero-order chi connectivity index (χ0) is 20.8. The fourth-order valence-electron chi connectivity index (χ4n) is 5.15. The van der Waals surface area contributed by atoms with Crippen LogP contribution in [0, 0.1) is 18.8 Å². The maximum Gasteiger partial charge on any atom is 0.243 e. The summed E-state index contributed by atoms with van der Waals surface area (Å²) in [6, 6.07) is 5.27. The highest BCUT2D eigenvalue weighted by atomic mass is 32.2. The third-order valence-electron chi connectivity index (χ3n) is 6.85. The molecule has 3 atom stereocenters. The molecule has 2 heterocycles. The predicted molar refractivity (Wildman–Crippen MR) is 109 cm³/mol. The van der Waals surface area contributed by atoms with Crippen LogP contribution in [0.1, 0.15) is 63.0 Å². The minimum Gasteiger partial charge on any atom is -0.278 e. The van der Waals surface area contributed by atoms with Gasteiger partial charge >= 0.3 is 0 Å². The molecule has 0 radical (unpaired) electrons. The molecule has 0 unspecified atom stereocenters. The van der Waals surface area contributed by atoms with E-state index in [-0.39, 0.29) is 36.2 Å². The lowest BCUT2D eigenvalue weighted by atomic mass is 9.81. The van der Waals surface area contributed by atoms with Gasteiger partial charge in [-0.15, -0.1) is 0 Å². The van der Waals surface area contributed by atoms with E-state index in [9.17, 15) is 18.0 Å². The molecule has 2 aliphatic heterocycles. The number of hydrogen-bond acceptors (Lipinski definition) is 4. The van der Waals surface area contributed by atoms with Crippen LogP contribution in [-0.2, 0) is 26.2 Å². The molecule has 1 aromatic rings. The van der Waals surface area contributed by atoms with Crippen molar-refractivity contribution < 1.29 is 18.0 Å². The first kappa shape index (κ1) is 20.5. The van der Waals surface area contributed by atoms with Gasteiger partial charge in [0.2, 0.25) is 21.8 Å². The highest BCUT2D eigenvalue weighted by Gasteiger charge is 2.48. The van der Waals surface area contributed by atoms with Crippen molar-refractivity contribution in [2.45, 2.75) is 76.3 Å². The smallest absolute Gasteiger partial charge is 0.243 e. The number of carbonyl (C=O) groups is 2. The average molecular weight is 419 g/mol. The molecule has 4 rings (SSSR count). The third kappa shape index (κ3) is 3.63. The molecule has 1 aliphatic carbocycles. The minimum absolute atomic E-state index is 0.0123. The van der Waals surface area contributed by atoms with Gasteiger partial charge in [0.15, 0.2) is 0 Å². The van der Waals surface area contributed by atoms with Crippen molar-refractivity contribution in [3.63, 3.8) is 0 Å². The first-order chi connectivity index (χ1) is 13.8. The van der Waals surface area contributed by atoms with Crippen LogP contribution in [0.5, 0.6) is 0 Å². The number of likely N-dealkylation sites (tertiary alicyclic amines) is 1. The Morgan fingerprint density at radius 2 is 1.59 bits per heavy atom. The Labute approximate surface area is 173 Å². The molecule has 0 aromatic heterocycles. The first-order valence-corrected chi connectivity index (χ1v) is 12.2. The van der Waals surface area contributed by atoms with Gasteiger partial charge in [-0.1, -0.05) is 31.4 Å². The summed E-state index contributed by atoms with van der Waals surface area (Å²) in [7, 11) is -3.60. The second kappa shape index (κ2) is 7.84. The summed E-state index contributed by atoms with van der Waals surface area (Å²) in [4.78, 5) is 27.2. The second-order valence-corrected chi connectivity index (χ2v) is 10.7. The molecule has 3 fully saturated rings. The van der Waals surface area contributed by atoms with Gasteiger partial charge in [-0.3, -0.25) is 14.5 Å². The lowest BCUT2D eigenvalue weighted by molar-refractivity contribution is -0.140. The van der Waals surface area contributed by atoms with E-state index in [2.05, 4.69) is 0 Å². The van der Waals surface area contributed by atoms with Crippen molar-refractivity contribution in [1.82, 2.24) is 9.21 Å². The van der Waals surface area contributed by atoms with Gasteiger partial charge in [0, 0.05) is 12.6 Å². The quantitative estimate of drug-likeness (QED) is 0.704. The molecule has 29 heavy (non-hydrogen) atoms. The van der Waals surface area contributed by atoms with E-state index in [0.717, 1.165) is 44.9 Å². The van der Waals surface area contributed by atoms with Crippen LogP contribution in [0.2, 0.25) is 0 Å².